The van der Waals surface area contributed by atoms with Crippen LogP contribution in [0.25, 0.3) is 12.2 Å². The Kier molecular flexibility index (Phi) is 14.3. The summed E-state index contributed by atoms with van der Waals surface area (Å²) in [5.41, 5.74) is 0.415. The van der Waals surface area contributed by atoms with Crippen LogP contribution >= 0.6 is 0 Å². The molecule has 4 N–H and O–H groups in total. The first-order chi connectivity index (χ1) is 19.8. The number of nitrogens with one attached hydrogen (secondary N) is 2. The molecule has 0 aliphatic heterocycles. The van der Waals surface area contributed by atoms with E-state index >= 15 is 0 Å². The molecule has 0 aromatic heterocycles. The fraction of sp³-hybridized carbons (Fsp3) is 0.467. The van der Waals surface area contributed by atoms with Crippen molar-refractivity contribution in [2.45, 2.75) is 101 Å². The second kappa shape index (κ2) is 17.2. The predicted molar refractivity (Wildman–Crippen MR) is 165 cm³/mol. The third-order valence-corrected chi connectivity index (χ3v) is 8.43. The average molecular weight is 623 g/mol. The topological polar surface area (TPSA) is 167 Å². The molecular formula is C30H42N2O8S2. The second-order valence-electron chi connectivity index (χ2n) is 10.2. The molecule has 0 aliphatic carbocycles. The van der Waals surface area contributed by atoms with Gasteiger partial charge in [-0.3, -0.25) is 18.7 Å². The van der Waals surface area contributed by atoms with Gasteiger partial charge in [0.1, 0.15) is 9.79 Å². The lowest BCUT2D eigenvalue weighted by atomic mass is 10.1. The highest BCUT2D eigenvalue weighted by molar-refractivity contribution is 7.86. The van der Waals surface area contributed by atoms with E-state index < -0.39 is 30.0 Å². The minimum absolute atomic E-state index is 0.0248. The Morgan fingerprint density at radius 3 is 1.31 bits per heavy atom. The standard InChI is InChI=1S/C30H42N2O8S2/c1-3-5-7-9-11-13-29(33)31-25-19-17-23(27(21-25)41(35,36)37)15-16-24-18-20-26(22-28(24)42(38,39)40)32-30(34)14-12-10-8-6-4-2/h15-22H,3-14H2,1-2H3,(H,31,33)(H,32,34)(H,35,36,37)(H,38,39,40). The second-order valence-corrected chi connectivity index (χ2v) is 13.0. The first-order valence-corrected chi connectivity index (χ1v) is 17.2. The van der Waals surface area contributed by atoms with E-state index in [1.165, 1.54) is 36.4 Å². The van der Waals surface area contributed by atoms with Gasteiger partial charge in [0, 0.05) is 24.2 Å². The minimum Gasteiger partial charge on any atom is -0.326 e. The van der Waals surface area contributed by atoms with Crippen LogP contribution in [-0.4, -0.2) is 37.8 Å². The maximum Gasteiger partial charge on any atom is 0.295 e. The molecule has 42 heavy (non-hydrogen) atoms. The van der Waals surface area contributed by atoms with Crippen LogP contribution in [0.1, 0.15) is 102 Å². The lowest BCUT2D eigenvalue weighted by Gasteiger charge is -2.10. The van der Waals surface area contributed by atoms with Gasteiger partial charge in [-0.15, -0.1) is 0 Å². The number of benzene rings is 2. The third kappa shape index (κ3) is 12.4. The zero-order valence-corrected chi connectivity index (χ0v) is 25.9. The van der Waals surface area contributed by atoms with E-state index in [2.05, 4.69) is 24.5 Å². The Hall–Kier alpha value is -3.06. The number of unbranched alkanes of at least 4 members (excludes halogenated alkanes) is 8. The normalized spacial score (nSPS) is 12.0. The summed E-state index contributed by atoms with van der Waals surface area (Å²) >= 11 is 0. The van der Waals surface area contributed by atoms with Crippen molar-refractivity contribution < 1.29 is 35.5 Å². The van der Waals surface area contributed by atoms with Gasteiger partial charge in [0.25, 0.3) is 20.2 Å². The number of hydrogen-bond acceptors (Lipinski definition) is 6. The predicted octanol–water partition coefficient (Wildman–Crippen LogP) is 6.95. The molecule has 12 heteroatoms. The summed E-state index contributed by atoms with van der Waals surface area (Å²) in [7, 11) is -9.43. The van der Waals surface area contributed by atoms with Gasteiger partial charge in [0.15, 0.2) is 0 Å². The number of carbonyl (C=O) groups is 2. The lowest BCUT2D eigenvalue weighted by Crippen LogP contribution is -2.12. The highest BCUT2D eigenvalue weighted by Gasteiger charge is 2.18. The monoisotopic (exact) mass is 622 g/mol. The van der Waals surface area contributed by atoms with E-state index in [4.69, 9.17) is 0 Å². The van der Waals surface area contributed by atoms with Crippen LogP contribution in [0.3, 0.4) is 0 Å². The Labute approximate surface area is 249 Å². The Balaban J connectivity index is 2.22. The Morgan fingerprint density at radius 1 is 0.619 bits per heavy atom. The minimum atomic E-state index is -4.71. The number of amides is 2. The summed E-state index contributed by atoms with van der Waals surface area (Å²) in [4.78, 5) is 23.6. The van der Waals surface area contributed by atoms with E-state index in [0.717, 1.165) is 63.5 Å². The molecule has 0 aliphatic rings. The zero-order valence-electron chi connectivity index (χ0n) is 24.3. The highest BCUT2D eigenvalue weighted by Crippen LogP contribution is 2.26. The zero-order chi connectivity index (χ0) is 31.2. The van der Waals surface area contributed by atoms with Crippen molar-refractivity contribution in [3.05, 3.63) is 47.5 Å². The summed E-state index contributed by atoms with van der Waals surface area (Å²) in [6.45, 7) is 4.20. The van der Waals surface area contributed by atoms with Crippen LogP contribution in [0.15, 0.2) is 46.2 Å². The summed E-state index contributed by atoms with van der Waals surface area (Å²) < 4.78 is 68.0. The van der Waals surface area contributed by atoms with Gasteiger partial charge in [-0.05, 0) is 48.2 Å². The van der Waals surface area contributed by atoms with Crippen LogP contribution in [0.5, 0.6) is 0 Å². The molecule has 0 fully saturated rings. The molecule has 0 radical (unpaired) electrons. The van der Waals surface area contributed by atoms with Gasteiger partial charge < -0.3 is 10.6 Å². The van der Waals surface area contributed by atoms with Crippen molar-refractivity contribution in [2.75, 3.05) is 10.6 Å². The van der Waals surface area contributed by atoms with E-state index in [1.54, 1.807) is 0 Å². The highest BCUT2D eigenvalue weighted by atomic mass is 32.2. The van der Waals surface area contributed by atoms with Gasteiger partial charge >= 0.3 is 0 Å². The third-order valence-electron chi connectivity index (χ3n) is 6.61. The molecule has 0 bridgehead atoms. The first-order valence-electron chi connectivity index (χ1n) is 14.4. The fourth-order valence-corrected chi connectivity index (χ4v) is 5.77. The van der Waals surface area contributed by atoms with Crippen molar-refractivity contribution in [1.29, 1.82) is 0 Å². The molecule has 2 aromatic carbocycles. The average Bonchev–Trinajstić information content (AvgIpc) is 2.91. The van der Waals surface area contributed by atoms with Crippen molar-refractivity contribution in [2.24, 2.45) is 0 Å². The quantitative estimate of drug-likeness (QED) is 0.0787. The van der Waals surface area contributed by atoms with Crippen LogP contribution < -0.4 is 10.6 Å². The molecular weight excluding hydrogens is 580 g/mol. The summed E-state index contributed by atoms with van der Waals surface area (Å²) in [6.07, 6.45) is 12.8. The molecule has 2 aromatic rings. The van der Waals surface area contributed by atoms with Gasteiger partial charge in [0.2, 0.25) is 11.8 Å². The molecule has 0 spiro atoms. The molecule has 10 nitrogen and oxygen atoms in total. The Bertz CT molecular complexity index is 1340. The maximum absolute atomic E-state index is 12.3. The fourth-order valence-electron chi connectivity index (χ4n) is 4.35. The summed E-state index contributed by atoms with van der Waals surface area (Å²) in [5, 5.41) is 5.27. The number of hydrogen-bond donors (Lipinski definition) is 4. The lowest BCUT2D eigenvalue weighted by molar-refractivity contribution is -0.117. The van der Waals surface area contributed by atoms with E-state index in [9.17, 15) is 35.5 Å². The molecule has 2 rings (SSSR count). The van der Waals surface area contributed by atoms with Crippen molar-refractivity contribution >= 4 is 55.6 Å². The number of rotatable bonds is 18. The van der Waals surface area contributed by atoms with Crippen LogP contribution in [0.4, 0.5) is 11.4 Å². The van der Waals surface area contributed by atoms with Gasteiger partial charge in [-0.1, -0.05) is 89.5 Å². The number of anilines is 2. The number of carbonyl (C=O) groups excluding carboxylic acids is 2. The molecule has 0 unspecified atom stereocenters. The van der Waals surface area contributed by atoms with E-state index in [0.29, 0.717) is 12.8 Å². The molecule has 0 saturated heterocycles. The molecule has 232 valence electrons. The molecule has 2 amide bonds. The van der Waals surface area contributed by atoms with Crippen LogP contribution in [0.2, 0.25) is 0 Å². The van der Waals surface area contributed by atoms with Crippen LogP contribution in [0, 0.1) is 0 Å². The van der Waals surface area contributed by atoms with E-state index in [-0.39, 0.29) is 47.2 Å². The summed E-state index contributed by atoms with van der Waals surface area (Å²) in [5.74, 6) is -0.560. The SMILES string of the molecule is CCCCCCCC(=O)Nc1ccc(C=Cc2ccc(NC(=O)CCCCCCC)cc2S(=O)(=O)O)c(S(=O)(=O)O)c1. The molecule has 0 heterocycles. The smallest absolute Gasteiger partial charge is 0.295 e. The maximum atomic E-state index is 12.3. The largest absolute Gasteiger partial charge is 0.326 e. The van der Waals surface area contributed by atoms with Crippen molar-refractivity contribution in [3.63, 3.8) is 0 Å². The molecule has 0 atom stereocenters. The summed E-state index contributed by atoms with van der Waals surface area (Å²) in [6, 6.07) is 7.89. The van der Waals surface area contributed by atoms with Gasteiger partial charge in [-0.25, -0.2) is 0 Å². The van der Waals surface area contributed by atoms with Gasteiger partial charge in [-0.2, -0.15) is 16.8 Å². The van der Waals surface area contributed by atoms with Gasteiger partial charge in [0.05, 0.1) is 0 Å². The van der Waals surface area contributed by atoms with Crippen molar-refractivity contribution in [1.82, 2.24) is 0 Å². The van der Waals surface area contributed by atoms with Crippen LogP contribution in [-0.2, 0) is 29.8 Å². The molecule has 0 saturated carbocycles. The van der Waals surface area contributed by atoms with E-state index in [1.807, 2.05) is 0 Å². The van der Waals surface area contributed by atoms with Crippen molar-refractivity contribution in [3.8, 4) is 0 Å². The first kappa shape index (κ1) is 35.1. The Morgan fingerprint density at radius 2 is 0.976 bits per heavy atom.